The molecule has 4 nitrogen and oxygen atoms in total. The number of fused-ring (bicyclic) bond motifs is 1. The van der Waals surface area contributed by atoms with Crippen LogP contribution >= 0.6 is 7.11 Å². The van der Waals surface area contributed by atoms with Gasteiger partial charge in [-0.1, -0.05) is 79.7 Å². The molecule has 1 unspecified atom stereocenters. The minimum Gasteiger partial charge on any atom is -0.360 e. The summed E-state index contributed by atoms with van der Waals surface area (Å²) in [5.41, 5.74) is 3.51. The fourth-order valence-electron chi connectivity index (χ4n) is 4.68. The predicted molar refractivity (Wildman–Crippen MR) is 134 cm³/mol. The van der Waals surface area contributed by atoms with Crippen molar-refractivity contribution in [2.24, 2.45) is 0 Å². The van der Waals surface area contributed by atoms with E-state index in [4.69, 9.17) is 4.52 Å². The molecule has 2 aliphatic heterocycles. The van der Waals surface area contributed by atoms with Gasteiger partial charge < -0.3 is 4.52 Å². The number of benzene rings is 3. The highest BCUT2D eigenvalue weighted by Crippen LogP contribution is 2.64. The van der Waals surface area contributed by atoms with Gasteiger partial charge in [-0.25, -0.2) is 4.90 Å². The summed E-state index contributed by atoms with van der Waals surface area (Å²) in [6.45, 7) is 2.14. The van der Waals surface area contributed by atoms with Crippen molar-refractivity contribution in [1.82, 2.24) is 4.90 Å². The maximum atomic E-state index is 13.3. The Morgan fingerprint density at radius 3 is 1.76 bits per heavy atom. The summed E-state index contributed by atoms with van der Waals surface area (Å²) in [6, 6.07) is 27.2. The van der Waals surface area contributed by atoms with E-state index >= 15 is 0 Å². The lowest BCUT2D eigenvalue weighted by atomic mass is 10.1. The zero-order valence-corrected chi connectivity index (χ0v) is 19.5. The van der Waals surface area contributed by atoms with E-state index in [2.05, 4.69) is 31.2 Å². The highest BCUT2D eigenvalue weighted by Gasteiger charge is 2.40. The lowest BCUT2D eigenvalue weighted by molar-refractivity contribution is 0.0710. The molecule has 0 fully saturated rings. The zero-order chi connectivity index (χ0) is 23.0. The van der Waals surface area contributed by atoms with Crippen molar-refractivity contribution < 1.29 is 14.1 Å². The first kappa shape index (κ1) is 21.4. The average molecular weight is 453 g/mol. The summed E-state index contributed by atoms with van der Waals surface area (Å²) in [5, 5.41) is 2.06. The topological polar surface area (TPSA) is 46.6 Å². The van der Waals surface area contributed by atoms with Gasteiger partial charge in [0.05, 0.1) is 16.8 Å². The van der Waals surface area contributed by atoms with Crippen LogP contribution in [0.2, 0.25) is 0 Å². The van der Waals surface area contributed by atoms with Crippen LogP contribution in [0.4, 0.5) is 0 Å². The third kappa shape index (κ3) is 3.34. The van der Waals surface area contributed by atoms with Gasteiger partial charge in [-0.2, -0.15) is 0 Å². The second kappa shape index (κ2) is 8.47. The number of imide groups is 1. The molecular formula is C28H24NO3P. The van der Waals surface area contributed by atoms with Crippen molar-refractivity contribution in [2.75, 3.05) is 13.3 Å². The average Bonchev–Trinajstić information content (AvgIpc) is 3.14. The van der Waals surface area contributed by atoms with Crippen LogP contribution in [-0.2, 0) is 4.52 Å². The number of hydrogen-bond acceptors (Lipinski definition) is 3. The number of allylic oxidation sites excluding steroid dienone is 2. The number of rotatable bonds is 5. The fraction of sp³-hybridized carbons (Fsp3) is 0.107. The van der Waals surface area contributed by atoms with E-state index in [-0.39, 0.29) is 11.8 Å². The molecule has 2 amide bonds. The molecule has 33 heavy (non-hydrogen) atoms. The molecule has 1 atom stereocenters. The molecule has 0 aromatic heterocycles. The van der Waals surface area contributed by atoms with E-state index in [0.29, 0.717) is 16.8 Å². The molecule has 0 bridgehead atoms. The molecule has 5 rings (SSSR count). The largest absolute Gasteiger partial charge is 0.360 e. The first-order chi connectivity index (χ1) is 16.1. The molecule has 3 aromatic carbocycles. The third-order valence-corrected chi connectivity index (χ3v) is 10.1. The number of carbonyl (C=O) groups is 2. The van der Waals surface area contributed by atoms with E-state index in [1.807, 2.05) is 48.6 Å². The van der Waals surface area contributed by atoms with Gasteiger partial charge >= 0.3 is 0 Å². The first-order valence-electron chi connectivity index (χ1n) is 10.9. The van der Waals surface area contributed by atoms with Gasteiger partial charge in [-0.15, -0.1) is 0 Å². The van der Waals surface area contributed by atoms with Crippen molar-refractivity contribution in [3.05, 3.63) is 125 Å². The Balaban J connectivity index is 1.79. The maximum Gasteiger partial charge on any atom is 0.266 e. The molecule has 2 aliphatic rings. The van der Waals surface area contributed by atoms with Gasteiger partial charge in [-0.05, 0) is 41.6 Å². The van der Waals surface area contributed by atoms with Gasteiger partial charge in [0, 0.05) is 24.8 Å². The second-order valence-electron chi connectivity index (χ2n) is 7.95. The Morgan fingerprint density at radius 2 is 1.24 bits per heavy atom. The zero-order valence-electron chi connectivity index (χ0n) is 18.6. The van der Waals surface area contributed by atoms with Crippen LogP contribution in [0.5, 0.6) is 0 Å². The molecule has 0 spiro atoms. The van der Waals surface area contributed by atoms with Crippen LogP contribution in [-0.4, -0.2) is 35.3 Å². The molecule has 5 heteroatoms. The van der Waals surface area contributed by atoms with Crippen LogP contribution in [0.25, 0.3) is 5.31 Å². The summed E-state index contributed by atoms with van der Waals surface area (Å²) in [4.78, 5) is 27.9. The standard InChI is InChI=1S/C28H24NO3P/c1-3-33(32-2)25(20-12-6-4-7-13-20)18-22(19-26(33)21-14-8-5-9-15-21)29-27(30)23-16-10-11-17-24(23)28(29)31/h4-19H,3H2,1-2H3. The summed E-state index contributed by atoms with van der Waals surface area (Å²) in [6.07, 6.45) is 4.74. The van der Waals surface area contributed by atoms with E-state index in [1.54, 1.807) is 31.4 Å². The SMILES string of the molecule is CCP1(OC)=C(c2ccccc2)C=C(N2C(=O)c3ccccc3C2=O)C=C1c1ccccc1. The highest BCUT2D eigenvalue weighted by molar-refractivity contribution is 7.82. The summed E-state index contributed by atoms with van der Waals surface area (Å²) in [5.74, 6) is -0.588. The van der Waals surface area contributed by atoms with Crippen molar-refractivity contribution in [3.8, 4) is 0 Å². The minimum atomic E-state index is -2.25. The van der Waals surface area contributed by atoms with E-state index in [1.165, 1.54) is 4.90 Å². The van der Waals surface area contributed by atoms with Gasteiger partial charge in [0.2, 0.25) is 0 Å². The maximum absolute atomic E-state index is 13.3. The molecule has 3 aromatic rings. The molecule has 0 saturated heterocycles. The molecule has 0 N–H and O–H groups in total. The Bertz CT molecular complexity index is 1330. The lowest BCUT2D eigenvalue weighted by Crippen LogP contribution is -2.30. The lowest BCUT2D eigenvalue weighted by Gasteiger charge is -2.34. The Labute approximate surface area is 193 Å². The molecule has 0 aliphatic carbocycles. The van der Waals surface area contributed by atoms with Gasteiger partial charge in [-0.3, -0.25) is 9.59 Å². The molecule has 0 saturated carbocycles. The van der Waals surface area contributed by atoms with Crippen LogP contribution in [0.1, 0.15) is 38.8 Å². The number of hydrogen-bond donors (Lipinski definition) is 0. The summed E-state index contributed by atoms with van der Waals surface area (Å²) < 4.78 is 6.36. The van der Waals surface area contributed by atoms with Gasteiger partial charge in [0.25, 0.3) is 11.8 Å². The normalized spacial score (nSPS) is 19.9. The predicted octanol–water partition coefficient (Wildman–Crippen LogP) is 6.04. The van der Waals surface area contributed by atoms with Crippen LogP contribution in [0.15, 0.2) is 103 Å². The van der Waals surface area contributed by atoms with Crippen LogP contribution in [0, 0.1) is 0 Å². The van der Waals surface area contributed by atoms with E-state index in [9.17, 15) is 9.59 Å². The fourth-order valence-corrected chi connectivity index (χ4v) is 8.09. The second-order valence-corrected chi connectivity index (χ2v) is 11.4. The summed E-state index contributed by atoms with van der Waals surface area (Å²) >= 11 is 0. The monoisotopic (exact) mass is 453 g/mol. The Kier molecular flexibility index (Phi) is 5.49. The van der Waals surface area contributed by atoms with Crippen LogP contribution in [0.3, 0.4) is 0 Å². The first-order valence-corrected chi connectivity index (χ1v) is 12.8. The number of amides is 2. The van der Waals surface area contributed by atoms with Gasteiger partial charge in [0.15, 0.2) is 0 Å². The van der Waals surface area contributed by atoms with E-state index in [0.717, 1.165) is 27.9 Å². The molecule has 0 radical (unpaired) electrons. The number of carbonyl (C=O) groups excluding carboxylic acids is 2. The molecular weight excluding hydrogens is 429 g/mol. The molecule has 2 heterocycles. The highest BCUT2D eigenvalue weighted by atomic mass is 31.2. The number of nitrogens with zero attached hydrogens (tertiary/aromatic N) is 1. The Morgan fingerprint density at radius 1 is 0.727 bits per heavy atom. The summed E-state index contributed by atoms with van der Waals surface area (Å²) in [7, 11) is -0.493. The van der Waals surface area contributed by atoms with Crippen molar-refractivity contribution in [1.29, 1.82) is 0 Å². The smallest absolute Gasteiger partial charge is 0.266 e. The van der Waals surface area contributed by atoms with Crippen molar-refractivity contribution >= 4 is 29.5 Å². The third-order valence-electron chi connectivity index (χ3n) is 6.30. The van der Waals surface area contributed by atoms with Crippen molar-refractivity contribution in [2.45, 2.75) is 6.92 Å². The van der Waals surface area contributed by atoms with Crippen molar-refractivity contribution in [3.63, 3.8) is 0 Å². The molecule has 164 valence electrons. The van der Waals surface area contributed by atoms with E-state index < -0.39 is 7.11 Å². The minimum absolute atomic E-state index is 0.294. The van der Waals surface area contributed by atoms with Gasteiger partial charge in [0.1, 0.15) is 0 Å². The Hall–Kier alpha value is -3.46. The quantitative estimate of drug-likeness (QED) is 0.350. The van der Waals surface area contributed by atoms with Crippen LogP contribution < -0.4 is 0 Å².